The molecule has 4 heteroatoms. The van der Waals surface area contributed by atoms with Crippen LogP contribution >= 0.6 is 11.3 Å². The van der Waals surface area contributed by atoms with Crippen LogP contribution in [0.15, 0.2) is 12.1 Å². The third-order valence-corrected chi connectivity index (χ3v) is 3.17. The van der Waals surface area contributed by atoms with E-state index in [1.165, 1.54) is 9.75 Å². The Labute approximate surface area is 95.2 Å². The molecule has 1 heterocycles. The van der Waals surface area contributed by atoms with Crippen LogP contribution in [0.1, 0.15) is 22.8 Å². The molecule has 2 N–H and O–H groups in total. The Hall–Kier alpha value is -0.420. The molecule has 0 aliphatic rings. The van der Waals surface area contributed by atoms with Gasteiger partial charge < -0.3 is 15.2 Å². The van der Waals surface area contributed by atoms with Gasteiger partial charge in [0.1, 0.15) is 6.10 Å². The van der Waals surface area contributed by atoms with Crippen molar-refractivity contribution < 1.29 is 9.47 Å². The van der Waals surface area contributed by atoms with Crippen LogP contribution in [0.2, 0.25) is 0 Å². The van der Waals surface area contributed by atoms with Crippen LogP contribution in [0.4, 0.5) is 0 Å². The molecule has 0 aliphatic heterocycles. The van der Waals surface area contributed by atoms with Crippen molar-refractivity contribution in [3.05, 3.63) is 21.9 Å². The highest BCUT2D eigenvalue weighted by Crippen LogP contribution is 2.27. The monoisotopic (exact) mass is 229 g/mol. The van der Waals surface area contributed by atoms with Gasteiger partial charge in [0.25, 0.3) is 0 Å². The predicted molar refractivity (Wildman–Crippen MR) is 63.3 cm³/mol. The second-order valence-electron chi connectivity index (χ2n) is 3.59. The number of nitrogens with two attached hydrogens (primary N) is 1. The van der Waals surface area contributed by atoms with E-state index in [0.29, 0.717) is 13.2 Å². The molecule has 0 aliphatic carbocycles. The first-order valence-electron chi connectivity index (χ1n) is 5.07. The molecule has 0 bridgehead atoms. The quantitative estimate of drug-likeness (QED) is 0.760. The highest BCUT2D eigenvalue weighted by Gasteiger charge is 2.18. The average Bonchev–Trinajstić information content (AvgIpc) is 2.59. The molecule has 0 fully saturated rings. The number of hydrogen-bond donors (Lipinski definition) is 1. The third-order valence-electron chi connectivity index (χ3n) is 2.10. The van der Waals surface area contributed by atoms with Crippen molar-refractivity contribution in [1.82, 2.24) is 0 Å². The van der Waals surface area contributed by atoms with Crippen LogP contribution in [-0.2, 0) is 9.47 Å². The minimum atomic E-state index is -0.0150. The smallest absolute Gasteiger partial charge is 0.106 e. The van der Waals surface area contributed by atoms with Crippen LogP contribution in [0.3, 0.4) is 0 Å². The fraction of sp³-hybridized carbons (Fsp3) is 0.636. The summed E-state index contributed by atoms with van der Waals surface area (Å²) in [5.41, 5.74) is 5.90. The van der Waals surface area contributed by atoms with Gasteiger partial charge >= 0.3 is 0 Å². The van der Waals surface area contributed by atoms with Gasteiger partial charge in [-0.25, -0.2) is 0 Å². The first-order chi connectivity index (χ1) is 7.15. The first kappa shape index (κ1) is 12.6. The molecule has 15 heavy (non-hydrogen) atoms. The average molecular weight is 229 g/mol. The van der Waals surface area contributed by atoms with E-state index in [1.807, 2.05) is 6.92 Å². The maximum Gasteiger partial charge on any atom is 0.106 e. The van der Waals surface area contributed by atoms with Gasteiger partial charge in [-0.05, 0) is 26.0 Å². The molecule has 3 nitrogen and oxygen atoms in total. The van der Waals surface area contributed by atoms with Gasteiger partial charge in [-0.15, -0.1) is 11.3 Å². The number of thiophene rings is 1. The summed E-state index contributed by atoms with van der Waals surface area (Å²) in [6, 6.07) is 4.18. The fourth-order valence-corrected chi connectivity index (χ4v) is 2.40. The molecule has 0 radical (unpaired) electrons. The van der Waals surface area contributed by atoms with Crippen molar-refractivity contribution >= 4 is 11.3 Å². The molecule has 2 unspecified atom stereocenters. The SMILES string of the molecule is COCCOC(c1ccc(C)s1)C(C)N. The maximum absolute atomic E-state index is 5.90. The van der Waals surface area contributed by atoms with E-state index in [2.05, 4.69) is 19.1 Å². The van der Waals surface area contributed by atoms with Crippen LogP contribution in [-0.4, -0.2) is 26.4 Å². The van der Waals surface area contributed by atoms with Gasteiger partial charge in [-0.3, -0.25) is 0 Å². The molecule has 2 atom stereocenters. The molecule has 1 rings (SSSR count). The Morgan fingerprint density at radius 2 is 2.13 bits per heavy atom. The van der Waals surface area contributed by atoms with Gasteiger partial charge in [-0.2, -0.15) is 0 Å². The van der Waals surface area contributed by atoms with Crippen molar-refractivity contribution in [2.24, 2.45) is 5.73 Å². The van der Waals surface area contributed by atoms with Gasteiger partial charge in [0, 0.05) is 22.9 Å². The van der Waals surface area contributed by atoms with Crippen LogP contribution in [0, 0.1) is 6.92 Å². The van der Waals surface area contributed by atoms with E-state index >= 15 is 0 Å². The van der Waals surface area contributed by atoms with E-state index in [0.717, 1.165) is 0 Å². The number of methoxy groups -OCH3 is 1. The van der Waals surface area contributed by atoms with E-state index in [4.69, 9.17) is 15.2 Å². The predicted octanol–water partition coefficient (Wildman–Crippen LogP) is 2.11. The highest BCUT2D eigenvalue weighted by atomic mass is 32.1. The molecule has 86 valence electrons. The molecule has 0 saturated heterocycles. The summed E-state index contributed by atoms with van der Waals surface area (Å²) in [6.07, 6.45) is -0.0150. The molecule has 1 aromatic heterocycles. The molecule has 0 saturated carbocycles. The summed E-state index contributed by atoms with van der Waals surface area (Å²) in [5.74, 6) is 0. The van der Waals surface area contributed by atoms with Crippen molar-refractivity contribution in [2.45, 2.75) is 26.0 Å². The van der Waals surface area contributed by atoms with Crippen molar-refractivity contribution in [3.8, 4) is 0 Å². The summed E-state index contributed by atoms with van der Waals surface area (Å²) in [7, 11) is 1.67. The van der Waals surface area contributed by atoms with E-state index in [-0.39, 0.29) is 12.1 Å². The van der Waals surface area contributed by atoms with Crippen LogP contribution in [0.5, 0.6) is 0 Å². The Morgan fingerprint density at radius 1 is 1.40 bits per heavy atom. The topological polar surface area (TPSA) is 44.5 Å². The number of aryl methyl sites for hydroxylation is 1. The molecule has 0 spiro atoms. The Bertz CT molecular complexity index is 286. The third kappa shape index (κ3) is 3.91. The Balaban J connectivity index is 2.58. The lowest BCUT2D eigenvalue weighted by Crippen LogP contribution is -2.27. The lowest BCUT2D eigenvalue weighted by molar-refractivity contribution is 0.00797. The van der Waals surface area contributed by atoms with Gasteiger partial charge in [0.15, 0.2) is 0 Å². The van der Waals surface area contributed by atoms with Crippen molar-refractivity contribution in [1.29, 1.82) is 0 Å². The van der Waals surface area contributed by atoms with Gasteiger partial charge in [0.05, 0.1) is 13.2 Å². The van der Waals surface area contributed by atoms with Crippen molar-refractivity contribution in [3.63, 3.8) is 0 Å². The number of hydrogen-bond acceptors (Lipinski definition) is 4. The highest BCUT2D eigenvalue weighted by molar-refractivity contribution is 7.12. The fourth-order valence-electron chi connectivity index (χ4n) is 1.36. The summed E-state index contributed by atoms with van der Waals surface area (Å²) >= 11 is 1.74. The minimum Gasteiger partial charge on any atom is -0.382 e. The molecular formula is C11H19NO2S. The summed E-state index contributed by atoms with van der Waals surface area (Å²) < 4.78 is 10.7. The number of rotatable bonds is 6. The lowest BCUT2D eigenvalue weighted by Gasteiger charge is -2.20. The van der Waals surface area contributed by atoms with E-state index in [9.17, 15) is 0 Å². The van der Waals surface area contributed by atoms with Crippen molar-refractivity contribution in [2.75, 3.05) is 20.3 Å². The van der Waals surface area contributed by atoms with Crippen LogP contribution in [0.25, 0.3) is 0 Å². The zero-order chi connectivity index (χ0) is 11.3. The van der Waals surface area contributed by atoms with E-state index in [1.54, 1.807) is 18.4 Å². The largest absolute Gasteiger partial charge is 0.382 e. The van der Waals surface area contributed by atoms with Crippen LogP contribution < -0.4 is 5.73 Å². The first-order valence-corrected chi connectivity index (χ1v) is 5.89. The molecule has 0 amide bonds. The minimum absolute atomic E-state index is 0.0000869. The number of ether oxygens (including phenoxy) is 2. The lowest BCUT2D eigenvalue weighted by atomic mass is 10.1. The standard InChI is InChI=1S/C11H19NO2S/c1-8-4-5-10(15-8)11(9(2)12)14-7-6-13-3/h4-5,9,11H,6-7,12H2,1-3H3. The maximum atomic E-state index is 5.90. The molecule has 0 aromatic carbocycles. The second-order valence-corrected chi connectivity index (χ2v) is 4.91. The summed E-state index contributed by atoms with van der Waals surface area (Å²) in [4.78, 5) is 2.48. The molecule has 1 aromatic rings. The zero-order valence-corrected chi connectivity index (χ0v) is 10.3. The summed E-state index contributed by atoms with van der Waals surface area (Å²) in [5, 5.41) is 0. The molecular weight excluding hydrogens is 210 g/mol. The zero-order valence-electron chi connectivity index (χ0n) is 9.53. The Morgan fingerprint density at radius 3 is 2.60 bits per heavy atom. The normalized spacial score (nSPS) is 15.2. The summed E-state index contributed by atoms with van der Waals surface area (Å²) in [6.45, 7) is 5.24. The second kappa shape index (κ2) is 6.23. The van der Waals surface area contributed by atoms with Gasteiger partial charge in [0.2, 0.25) is 0 Å². The van der Waals surface area contributed by atoms with E-state index < -0.39 is 0 Å². The van der Waals surface area contributed by atoms with Gasteiger partial charge in [-0.1, -0.05) is 0 Å². The Kier molecular flexibility index (Phi) is 5.25.